The quantitative estimate of drug-likeness (QED) is 0.638. The SMILES string of the molecule is Fc1ccc2nccc(CCl)c2c1. The van der Waals surface area contributed by atoms with Crippen molar-refractivity contribution in [1.29, 1.82) is 0 Å². The summed E-state index contributed by atoms with van der Waals surface area (Å²) in [4.78, 5) is 4.11. The first-order chi connectivity index (χ1) is 6.31. The van der Waals surface area contributed by atoms with E-state index < -0.39 is 0 Å². The molecule has 2 rings (SSSR count). The third-order valence-electron chi connectivity index (χ3n) is 1.94. The molecule has 0 fully saturated rings. The first-order valence-electron chi connectivity index (χ1n) is 3.90. The number of nitrogens with zero attached hydrogens (tertiary/aromatic N) is 1. The molecule has 66 valence electrons. The topological polar surface area (TPSA) is 12.9 Å². The summed E-state index contributed by atoms with van der Waals surface area (Å²) in [6, 6.07) is 6.31. The molecule has 0 N–H and O–H groups in total. The molecule has 3 heteroatoms. The summed E-state index contributed by atoms with van der Waals surface area (Å²) in [7, 11) is 0. The van der Waals surface area contributed by atoms with Gasteiger partial charge in [-0.3, -0.25) is 4.98 Å². The number of pyridine rings is 1. The predicted octanol–water partition coefficient (Wildman–Crippen LogP) is 3.11. The van der Waals surface area contributed by atoms with E-state index in [4.69, 9.17) is 11.6 Å². The molecule has 1 nitrogen and oxygen atoms in total. The van der Waals surface area contributed by atoms with E-state index in [1.54, 1.807) is 18.3 Å². The minimum absolute atomic E-state index is 0.258. The molecule has 2 aromatic rings. The number of hydrogen-bond acceptors (Lipinski definition) is 1. The van der Waals surface area contributed by atoms with Gasteiger partial charge in [0.15, 0.2) is 0 Å². The molecule has 0 saturated carbocycles. The maximum Gasteiger partial charge on any atom is 0.123 e. The highest BCUT2D eigenvalue weighted by atomic mass is 35.5. The zero-order valence-electron chi connectivity index (χ0n) is 6.80. The van der Waals surface area contributed by atoms with Crippen molar-refractivity contribution in [2.75, 3.05) is 0 Å². The number of halogens is 2. The molecule has 0 spiro atoms. The fraction of sp³-hybridized carbons (Fsp3) is 0.100. The predicted molar refractivity (Wildman–Crippen MR) is 51.3 cm³/mol. The zero-order valence-corrected chi connectivity index (χ0v) is 7.55. The first kappa shape index (κ1) is 8.45. The van der Waals surface area contributed by atoms with Crippen molar-refractivity contribution in [3.05, 3.63) is 41.8 Å². The lowest BCUT2D eigenvalue weighted by Crippen LogP contribution is -1.86. The molecule has 0 amide bonds. The van der Waals surface area contributed by atoms with Crippen LogP contribution >= 0.6 is 11.6 Å². The van der Waals surface area contributed by atoms with Crippen LogP contribution in [0, 0.1) is 5.82 Å². The third kappa shape index (κ3) is 1.49. The third-order valence-corrected chi connectivity index (χ3v) is 2.23. The Balaban J connectivity index is 2.79. The van der Waals surface area contributed by atoms with E-state index in [1.165, 1.54) is 12.1 Å². The Hall–Kier alpha value is -1.15. The van der Waals surface area contributed by atoms with Crippen LogP contribution in [0.2, 0.25) is 0 Å². The summed E-state index contributed by atoms with van der Waals surface area (Å²) in [5.41, 5.74) is 1.69. The van der Waals surface area contributed by atoms with Crippen LogP contribution < -0.4 is 0 Å². The fourth-order valence-corrected chi connectivity index (χ4v) is 1.52. The second-order valence-electron chi connectivity index (χ2n) is 2.77. The first-order valence-corrected chi connectivity index (χ1v) is 4.44. The molecule has 0 atom stereocenters. The lowest BCUT2D eigenvalue weighted by atomic mass is 10.1. The highest BCUT2D eigenvalue weighted by Gasteiger charge is 2.01. The van der Waals surface area contributed by atoms with Gasteiger partial charge in [-0.05, 0) is 29.8 Å². The number of hydrogen-bond donors (Lipinski definition) is 0. The monoisotopic (exact) mass is 195 g/mol. The second kappa shape index (κ2) is 3.30. The van der Waals surface area contributed by atoms with Crippen LogP contribution in [0.3, 0.4) is 0 Å². The van der Waals surface area contributed by atoms with Crippen LogP contribution in [-0.2, 0) is 5.88 Å². The van der Waals surface area contributed by atoms with Gasteiger partial charge in [0.25, 0.3) is 0 Å². The van der Waals surface area contributed by atoms with Gasteiger partial charge in [-0.1, -0.05) is 0 Å². The van der Waals surface area contributed by atoms with Crippen LogP contribution in [-0.4, -0.2) is 4.98 Å². The van der Waals surface area contributed by atoms with Gasteiger partial charge in [0.2, 0.25) is 0 Å². The average molecular weight is 196 g/mol. The molecule has 0 saturated heterocycles. The summed E-state index contributed by atoms with van der Waals surface area (Å²) < 4.78 is 12.9. The smallest absolute Gasteiger partial charge is 0.123 e. The number of rotatable bonds is 1. The molecular weight excluding hydrogens is 189 g/mol. The Bertz CT molecular complexity index is 442. The molecule has 1 aromatic heterocycles. The number of alkyl halides is 1. The maximum absolute atomic E-state index is 12.9. The Morgan fingerprint density at radius 1 is 1.31 bits per heavy atom. The van der Waals surface area contributed by atoms with Crippen molar-refractivity contribution in [3.8, 4) is 0 Å². The van der Waals surface area contributed by atoms with E-state index in [9.17, 15) is 4.39 Å². The van der Waals surface area contributed by atoms with Crippen LogP contribution in [0.5, 0.6) is 0 Å². The highest BCUT2D eigenvalue weighted by molar-refractivity contribution is 6.17. The Labute approximate surface area is 80.2 Å². The van der Waals surface area contributed by atoms with Crippen LogP contribution in [0.4, 0.5) is 4.39 Å². The maximum atomic E-state index is 12.9. The van der Waals surface area contributed by atoms with Gasteiger partial charge >= 0.3 is 0 Å². The largest absolute Gasteiger partial charge is 0.256 e. The minimum Gasteiger partial charge on any atom is -0.256 e. The van der Waals surface area contributed by atoms with Crippen molar-refractivity contribution in [2.24, 2.45) is 0 Å². The van der Waals surface area contributed by atoms with E-state index >= 15 is 0 Å². The van der Waals surface area contributed by atoms with Crippen molar-refractivity contribution < 1.29 is 4.39 Å². The summed E-state index contributed by atoms with van der Waals surface area (Å²) in [6.45, 7) is 0. The number of aromatic nitrogens is 1. The molecule has 1 aromatic carbocycles. The summed E-state index contributed by atoms with van der Waals surface area (Å²) >= 11 is 5.71. The van der Waals surface area contributed by atoms with Gasteiger partial charge in [-0.2, -0.15) is 0 Å². The Kier molecular flexibility index (Phi) is 2.15. The molecule has 0 unspecified atom stereocenters. The molecule has 0 aliphatic rings. The zero-order chi connectivity index (χ0) is 9.26. The van der Waals surface area contributed by atoms with Gasteiger partial charge in [0.05, 0.1) is 5.52 Å². The van der Waals surface area contributed by atoms with E-state index in [2.05, 4.69) is 4.98 Å². The van der Waals surface area contributed by atoms with Gasteiger partial charge in [-0.15, -0.1) is 11.6 Å². The highest BCUT2D eigenvalue weighted by Crippen LogP contribution is 2.19. The van der Waals surface area contributed by atoms with Gasteiger partial charge in [0, 0.05) is 17.5 Å². The molecular formula is C10H7ClFN. The van der Waals surface area contributed by atoms with Crippen molar-refractivity contribution in [3.63, 3.8) is 0 Å². The lowest BCUT2D eigenvalue weighted by molar-refractivity contribution is 0.629. The number of fused-ring (bicyclic) bond motifs is 1. The molecule has 0 aliphatic carbocycles. The van der Waals surface area contributed by atoms with Crippen LogP contribution in [0.25, 0.3) is 10.9 Å². The van der Waals surface area contributed by atoms with Gasteiger partial charge in [-0.25, -0.2) is 4.39 Å². The Morgan fingerprint density at radius 2 is 2.15 bits per heavy atom. The summed E-state index contributed by atoms with van der Waals surface area (Å²) in [5.74, 6) is 0.120. The van der Waals surface area contributed by atoms with E-state index in [1.807, 2.05) is 0 Å². The second-order valence-corrected chi connectivity index (χ2v) is 3.03. The normalized spacial score (nSPS) is 10.6. The fourth-order valence-electron chi connectivity index (χ4n) is 1.29. The molecule has 0 aliphatic heterocycles. The van der Waals surface area contributed by atoms with Gasteiger partial charge < -0.3 is 0 Å². The van der Waals surface area contributed by atoms with E-state index in [0.29, 0.717) is 5.88 Å². The molecule has 0 radical (unpaired) electrons. The van der Waals surface area contributed by atoms with Crippen molar-refractivity contribution >= 4 is 22.5 Å². The van der Waals surface area contributed by atoms with Crippen LogP contribution in [0.15, 0.2) is 30.5 Å². The lowest BCUT2D eigenvalue weighted by Gasteiger charge is -2.01. The van der Waals surface area contributed by atoms with Crippen molar-refractivity contribution in [1.82, 2.24) is 4.98 Å². The standard InChI is InChI=1S/C10H7ClFN/c11-6-7-3-4-13-10-2-1-8(12)5-9(7)10/h1-5H,6H2. The average Bonchev–Trinajstić information content (AvgIpc) is 2.17. The number of benzene rings is 1. The van der Waals surface area contributed by atoms with E-state index in [0.717, 1.165) is 16.5 Å². The molecule has 13 heavy (non-hydrogen) atoms. The Morgan fingerprint density at radius 3 is 2.92 bits per heavy atom. The molecule has 1 heterocycles. The van der Waals surface area contributed by atoms with E-state index in [-0.39, 0.29) is 5.82 Å². The summed E-state index contributed by atoms with van der Waals surface area (Å²) in [5, 5.41) is 0.789. The summed E-state index contributed by atoms with van der Waals surface area (Å²) in [6.07, 6.45) is 1.68. The molecule has 0 bridgehead atoms. The van der Waals surface area contributed by atoms with Crippen LogP contribution in [0.1, 0.15) is 5.56 Å². The minimum atomic E-state index is -0.258. The van der Waals surface area contributed by atoms with Crippen molar-refractivity contribution in [2.45, 2.75) is 5.88 Å². The van der Waals surface area contributed by atoms with Gasteiger partial charge in [0.1, 0.15) is 5.82 Å².